The molecule has 1 aromatic rings. The molecule has 0 aromatic heterocycles. The van der Waals surface area contributed by atoms with Crippen molar-refractivity contribution in [2.45, 2.75) is 51.6 Å². The number of nitrogens with one attached hydrogen (secondary N) is 1. The zero-order valence-corrected chi connectivity index (χ0v) is 11.6. The monoisotopic (exact) mass is 262 g/mol. The van der Waals surface area contributed by atoms with Crippen LogP contribution in [0.15, 0.2) is 24.3 Å². The highest BCUT2D eigenvalue weighted by Gasteiger charge is 2.23. The Kier molecular flexibility index (Phi) is 4.53. The quantitative estimate of drug-likeness (QED) is 0.663. The van der Waals surface area contributed by atoms with Gasteiger partial charge < -0.3 is 5.32 Å². The predicted octanol–water partition coefficient (Wildman–Crippen LogP) is 3.82. The summed E-state index contributed by atoms with van der Waals surface area (Å²) in [6.07, 6.45) is 4.90. The van der Waals surface area contributed by atoms with Crippen LogP contribution in [0.3, 0.4) is 0 Å². The van der Waals surface area contributed by atoms with Crippen molar-refractivity contribution in [3.8, 4) is 0 Å². The molecule has 0 heterocycles. The lowest BCUT2D eigenvalue weighted by atomic mass is 9.86. The number of nitrogens with zero attached hydrogens (tertiary/aromatic N) is 1. The smallest absolute Gasteiger partial charge is 0.274 e. The van der Waals surface area contributed by atoms with Crippen molar-refractivity contribution in [2.24, 2.45) is 5.92 Å². The molecule has 104 valence electrons. The molecule has 0 radical (unpaired) electrons. The summed E-state index contributed by atoms with van der Waals surface area (Å²) < 4.78 is 0. The SMILES string of the molecule is CC1CCCC(NC(C)c2ccccc2[N+](=O)[O-])C1. The van der Waals surface area contributed by atoms with E-state index in [1.54, 1.807) is 12.1 Å². The van der Waals surface area contributed by atoms with Gasteiger partial charge in [-0.25, -0.2) is 0 Å². The van der Waals surface area contributed by atoms with E-state index in [2.05, 4.69) is 12.2 Å². The molecule has 4 heteroatoms. The van der Waals surface area contributed by atoms with E-state index in [9.17, 15) is 10.1 Å². The Morgan fingerprint density at radius 3 is 2.79 bits per heavy atom. The molecule has 1 fully saturated rings. The molecule has 2 rings (SSSR count). The standard InChI is InChI=1S/C15H22N2O2/c1-11-6-5-7-13(10-11)16-12(2)14-8-3-4-9-15(14)17(18)19/h3-4,8-9,11-13,16H,5-7,10H2,1-2H3. The van der Waals surface area contributed by atoms with Gasteiger partial charge in [0.1, 0.15) is 0 Å². The van der Waals surface area contributed by atoms with Crippen LogP contribution < -0.4 is 5.32 Å². The molecule has 3 atom stereocenters. The van der Waals surface area contributed by atoms with Crippen LogP contribution in [0.25, 0.3) is 0 Å². The third-order valence-corrected chi connectivity index (χ3v) is 4.02. The Bertz CT molecular complexity index is 448. The van der Waals surface area contributed by atoms with Crippen molar-refractivity contribution >= 4 is 5.69 Å². The first kappa shape index (κ1) is 14.0. The second-order valence-electron chi connectivity index (χ2n) is 5.67. The third kappa shape index (κ3) is 3.53. The van der Waals surface area contributed by atoms with E-state index in [1.165, 1.54) is 25.7 Å². The number of rotatable bonds is 4. The second kappa shape index (κ2) is 6.15. The van der Waals surface area contributed by atoms with Crippen molar-refractivity contribution in [3.05, 3.63) is 39.9 Å². The maximum Gasteiger partial charge on any atom is 0.274 e. The van der Waals surface area contributed by atoms with Crippen molar-refractivity contribution < 1.29 is 4.92 Å². The minimum Gasteiger partial charge on any atom is -0.307 e. The fourth-order valence-electron chi connectivity index (χ4n) is 3.05. The number of nitro benzene ring substituents is 1. The third-order valence-electron chi connectivity index (χ3n) is 4.02. The van der Waals surface area contributed by atoms with Gasteiger partial charge >= 0.3 is 0 Å². The van der Waals surface area contributed by atoms with Gasteiger partial charge in [-0.3, -0.25) is 10.1 Å². The maximum absolute atomic E-state index is 11.0. The van der Waals surface area contributed by atoms with Gasteiger partial charge in [-0.15, -0.1) is 0 Å². The van der Waals surface area contributed by atoms with Gasteiger partial charge in [-0.05, 0) is 25.7 Å². The minimum absolute atomic E-state index is 0.0249. The van der Waals surface area contributed by atoms with E-state index in [-0.39, 0.29) is 16.7 Å². The summed E-state index contributed by atoms with van der Waals surface area (Å²) in [5, 5.41) is 14.6. The van der Waals surface area contributed by atoms with Crippen LogP contribution in [0, 0.1) is 16.0 Å². The number of hydrogen-bond donors (Lipinski definition) is 1. The molecular formula is C15H22N2O2. The molecule has 4 nitrogen and oxygen atoms in total. The fraction of sp³-hybridized carbons (Fsp3) is 0.600. The maximum atomic E-state index is 11.0. The van der Waals surface area contributed by atoms with E-state index in [0.717, 1.165) is 11.5 Å². The van der Waals surface area contributed by atoms with Crippen LogP contribution in [0.2, 0.25) is 0 Å². The Hall–Kier alpha value is -1.42. The zero-order chi connectivity index (χ0) is 13.8. The average Bonchev–Trinajstić information content (AvgIpc) is 2.38. The first-order valence-electron chi connectivity index (χ1n) is 7.07. The van der Waals surface area contributed by atoms with Gasteiger partial charge in [0, 0.05) is 23.7 Å². The summed E-state index contributed by atoms with van der Waals surface area (Å²) in [5.74, 6) is 0.754. The van der Waals surface area contributed by atoms with Crippen LogP contribution in [-0.4, -0.2) is 11.0 Å². The van der Waals surface area contributed by atoms with Gasteiger partial charge in [-0.1, -0.05) is 38.0 Å². The van der Waals surface area contributed by atoms with Gasteiger partial charge in [0.15, 0.2) is 0 Å². The van der Waals surface area contributed by atoms with Gasteiger partial charge in [0.05, 0.1) is 4.92 Å². The van der Waals surface area contributed by atoms with Crippen molar-refractivity contribution in [2.75, 3.05) is 0 Å². The number of nitro groups is 1. The summed E-state index contributed by atoms with van der Waals surface area (Å²) in [6, 6.07) is 7.52. The van der Waals surface area contributed by atoms with Crippen LogP contribution in [0.4, 0.5) is 5.69 Å². The van der Waals surface area contributed by atoms with E-state index in [1.807, 2.05) is 19.1 Å². The molecular weight excluding hydrogens is 240 g/mol. The summed E-state index contributed by atoms with van der Waals surface area (Å²) in [7, 11) is 0. The van der Waals surface area contributed by atoms with E-state index in [4.69, 9.17) is 0 Å². The highest BCUT2D eigenvalue weighted by molar-refractivity contribution is 5.41. The summed E-state index contributed by atoms with van der Waals surface area (Å²) in [4.78, 5) is 10.8. The van der Waals surface area contributed by atoms with Gasteiger partial charge in [0.2, 0.25) is 0 Å². The van der Waals surface area contributed by atoms with Crippen molar-refractivity contribution in [3.63, 3.8) is 0 Å². The fourth-order valence-corrected chi connectivity index (χ4v) is 3.05. The van der Waals surface area contributed by atoms with E-state index >= 15 is 0 Å². The molecule has 1 aliphatic rings. The van der Waals surface area contributed by atoms with E-state index < -0.39 is 0 Å². The van der Waals surface area contributed by atoms with Crippen LogP contribution in [-0.2, 0) is 0 Å². The molecule has 19 heavy (non-hydrogen) atoms. The summed E-state index contributed by atoms with van der Waals surface area (Å²) in [5.41, 5.74) is 0.997. The zero-order valence-electron chi connectivity index (χ0n) is 11.6. The van der Waals surface area contributed by atoms with Gasteiger partial charge in [0.25, 0.3) is 5.69 Å². The molecule has 1 aromatic carbocycles. The highest BCUT2D eigenvalue weighted by atomic mass is 16.6. The van der Waals surface area contributed by atoms with Crippen LogP contribution in [0.5, 0.6) is 0 Å². The number of benzene rings is 1. The van der Waals surface area contributed by atoms with Crippen molar-refractivity contribution in [1.29, 1.82) is 0 Å². The molecule has 0 bridgehead atoms. The first-order chi connectivity index (χ1) is 9.08. The highest BCUT2D eigenvalue weighted by Crippen LogP contribution is 2.28. The number of hydrogen-bond acceptors (Lipinski definition) is 3. The lowest BCUT2D eigenvalue weighted by Gasteiger charge is -2.30. The summed E-state index contributed by atoms with van der Waals surface area (Å²) >= 11 is 0. The summed E-state index contributed by atoms with van der Waals surface area (Å²) in [6.45, 7) is 4.30. The Balaban J connectivity index is 2.07. The lowest BCUT2D eigenvalue weighted by Crippen LogP contribution is -2.35. The van der Waals surface area contributed by atoms with Crippen LogP contribution in [0.1, 0.15) is 51.1 Å². The first-order valence-corrected chi connectivity index (χ1v) is 7.07. The lowest BCUT2D eigenvalue weighted by molar-refractivity contribution is -0.385. The largest absolute Gasteiger partial charge is 0.307 e. The van der Waals surface area contributed by atoms with Gasteiger partial charge in [-0.2, -0.15) is 0 Å². The molecule has 0 spiro atoms. The van der Waals surface area contributed by atoms with E-state index in [0.29, 0.717) is 6.04 Å². The minimum atomic E-state index is -0.295. The second-order valence-corrected chi connectivity index (χ2v) is 5.67. The molecule has 3 unspecified atom stereocenters. The Labute approximate surface area is 114 Å². The molecule has 0 aliphatic heterocycles. The average molecular weight is 262 g/mol. The predicted molar refractivity (Wildman–Crippen MR) is 76.1 cm³/mol. The molecule has 1 aliphatic carbocycles. The van der Waals surface area contributed by atoms with Crippen LogP contribution >= 0.6 is 0 Å². The molecule has 1 N–H and O–H groups in total. The molecule has 0 amide bonds. The normalized spacial score (nSPS) is 24.9. The van der Waals surface area contributed by atoms with Crippen molar-refractivity contribution in [1.82, 2.24) is 5.32 Å². The Morgan fingerprint density at radius 1 is 1.37 bits per heavy atom. The molecule has 0 saturated heterocycles. The number of para-hydroxylation sites is 1. The Morgan fingerprint density at radius 2 is 2.11 bits per heavy atom. The topological polar surface area (TPSA) is 55.2 Å². The molecule has 1 saturated carbocycles.